The van der Waals surface area contributed by atoms with Gasteiger partial charge in [0.25, 0.3) is 5.56 Å². The molecule has 4 nitrogen and oxygen atoms in total. The highest BCUT2D eigenvalue weighted by Gasteiger charge is 2.10. The van der Waals surface area contributed by atoms with E-state index in [4.69, 9.17) is 0 Å². The molecular formula is C14H17N3O. The molecular weight excluding hydrogens is 226 g/mol. The van der Waals surface area contributed by atoms with Crippen LogP contribution in [0.25, 0.3) is 0 Å². The second-order valence-electron chi connectivity index (χ2n) is 4.55. The normalized spacial score (nSPS) is 10.7. The summed E-state index contributed by atoms with van der Waals surface area (Å²) in [6.07, 6.45) is 1.65. The smallest absolute Gasteiger partial charge is 0.258 e. The molecule has 0 saturated heterocycles. The highest BCUT2D eigenvalue weighted by molar-refractivity contribution is 5.52. The third-order valence-corrected chi connectivity index (χ3v) is 2.85. The van der Waals surface area contributed by atoms with Gasteiger partial charge < -0.3 is 5.32 Å². The molecule has 0 amide bonds. The Morgan fingerprint density at radius 2 is 1.89 bits per heavy atom. The molecule has 0 fully saturated rings. The number of rotatable bonds is 3. The van der Waals surface area contributed by atoms with E-state index in [1.165, 1.54) is 0 Å². The molecule has 2 aromatic rings. The van der Waals surface area contributed by atoms with Crippen molar-refractivity contribution >= 4 is 11.6 Å². The van der Waals surface area contributed by atoms with Gasteiger partial charge in [0, 0.05) is 24.5 Å². The van der Waals surface area contributed by atoms with Crippen molar-refractivity contribution in [3.05, 3.63) is 52.4 Å². The standard InChI is InChI=1S/C14H17N3O/c1-10(2)12-9-15-14(17(3)13(12)18)16-11-7-5-4-6-8-11/h4-10H,1-3H3,(H,15,16). The minimum Gasteiger partial charge on any atom is -0.326 e. The van der Waals surface area contributed by atoms with E-state index < -0.39 is 0 Å². The summed E-state index contributed by atoms with van der Waals surface area (Å²) < 4.78 is 1.54. The highest BCUT2D eigenvalue weighted by atomic mass is 16.1. The van der Waals surface area contributed by atoms with Crippen molar-refractivity contribution in [1.29, 1.82) is 0 Å². The summed E-state index contributed by atoms with van der Waals surface area (Å²) in [6, 6.07) is 9.68. The van der Waals surface area contributed by atoms with E-state index in [-0.39, 0.29) is 11.5 Å². The van der Waals surface area contributed by atoms with Crippen molar-refractivity contribution in [1.82, 2.24) is 9.55 Å². The predicted molar refractivity (Wildman–Crippen MR) is 73.3 cm³/mol. The molecule has 0 spiro atoms. The number of nitrogens with one attached hydrogen (secondary N) is 1. The molecule has 1 heterocycles. The van der Waals surface area contributed by atoms with Crippen LogP contribution >= 0.6 is 0 Å². The van der Waals surface area contributed by atoms with E-state index in [2.05, 4.69) is 10.3 Å². The Balaban J connectivity index is 2.37. The Morgan fingerprint density at radius 3 is 2.50 bits per heavy atom. The van der Waals surface area contributed by atoms with E-state index in [0.29, 0.717) is 5.95 Å². The van der Waals surface area contributed by atoms with Gasteiger partial charge in [0.1, 0.15) is 0 Å². The zero-order valence-corrected chi connectivity index (χ0v) is 10.8. The largest absolute Gasteiger partial charge is 0.326 e. The molecule has 0 aliphatic rings. The van der Waals surface area contributed by atoms with E-state index in [9.17, 15) is 4.79 Å². The Kier molecular flexibility index (Phi) is 3.46. The van der Waals surface area contributed by atoms with Crippen molar-refractivity contribution in [2.24, 2.45) is 7.05 Å². The SMILES string of the molecule is CC(C)c1cnc(Nc2ccccc2)n(C)c1=O. The lowest BCUT2D eigenvalue weighted by Gasteiger charge is -2.12. The lowest BCUT2D eigenvalue weighted by molar-refractivity contribution is 0.763. The number of aromatic nitrogens is 2. The van der Waals surface area contributed by atoms with Gasteiger partial charge in [0.2, 0.25) is 5.95 Å². The first-order valence-electron chi connectivity index (χ1n) is 5.97. The first kappa shape index (κ1) is 12.4. The van der Waals surface area contributed by atoms with Crippen molar-refractivity contribution in [3.63, 3.8) is 0 Å². The third-order valence-electron chi connectivity index (χ3n) is 2.85. The van der Waals surface area contributed by atoms with Gasteiger partial charge in [-0.2, -0.15) is 0 Å². The fourth-order valence-electron chi connectivity index (χ4n) is 1.73. The van der Waals surface area contributed by atoms with Crippen LogP contribution in [0.4, 0.5) is 11.6 Å². The summed E-state index contributed by atoms with van der Waals surface area (Å²) in [5, 5.41) is 3.13. The maximum Gasteiger partial charge on any atom is 0.258 e. The van der Waals surface area contributed by atoms with E-state index in [1.807, 2.05) is 44.2 Å². The summed E-state index contributed by atoms with van der Waals surface area (Å²) >= 11 is 0. The van der Waals surface area contributed by atoms with Gasteiger partial charge in [0.05, 0.1) is 0 Å². The monoisotopic (exact) mass is 243 g/mol. The van der Waals surface area contributed by atoms with Crippen molar-refractivity contribution in [3.8, 4) is 0 Å². The Bertz CT molecular complexity index is 588. The van der Waals surface area contributed by atoms with Gasteiger partial charge in [-0.05, 0) is 18.1 Å². The molecule has 2 rings (SSSR count). The van der Waals surface area contributed by atoms with Crippen LogP contribution in [0.2, 0.25) is 0 Å². The quantitative estimate of drug-likeness (QED) is 0.901. The summed E-state index contributed by atoms with van der Waals surface area (Å²) in [5.41, 5.74) is 1.65. The van der Waals surface area contributed by atoms with Crippen LogP contribution in [-0.2, 0) is 7.05 Å². The van der Waals surface area contributed by atoms with Gasteiger partial charge >= 0.3 is 0 Å². The molecule has 1 aromatic heterocycles. The molecule has 4 heteroatoms. The number of benzene rings is 1. The van der Waals surface area contributed by atoms with Crippen molar-refractivity contribution in [2.45, 2.75) is 19.8 Å². The molecule has 0 aliphatic heterocycles. The van der Waals surface area contributed by atoms with E-state index in [1.54, 1.807) is 17.8 Å². The summed E-state index contributed by atoms with van der Waals surface area (Å²) in [6.45, 7) is 3.98. The molecule has 0 radical (unpaired) electrons. The number of hydrogen-bond donors (Lipinski definition) is 1. The van der Waals surface area contributed by atoms with Crippen molar-refractivity contribution < 1.29 is 0 Å². The van der Waals surface area contributed by atoms with Gasteiger partial charge in [-0.25, -0.2) is 4.98 Å². The molecule has 0 atom stereocenters. The number of nitrogens with zero attached hydrogens (tertiary/aromatic N) is 2. The lowest BCUT2D eigenvalue weighted by atomic mass is 10.1. The molecule has 1 N–H and O–H groups in total. The van der Waals surface area contributed by atoms with Gasteiger partial charge in [-0.3, -0.25) is 9.36 Å². The maximum absolute atomic E-state index is 12.1. The van der Waals surface area contributed by atoms with Crippen LogP contribution in [0.1, 0.15) is 25.3 Å². The van der Waals surface area contributed by atoms with Gasteiger partial charge in [0.15, 0.2) is 0 Å². The first-order valence-corrected chi connectivity index (χ1v) is 5.97. The fraction of sp³-hybridized carbons (Fsp3) is 0.286. The second-order valence-corrected chi connectivity index (χ2v) is 4.55. The average molecular weight is 243 g/mol. The first-order chi connectivity index (χ1) is 8.59. The minimum atomic E-state index is -0.00145. The summed E-state index contributed by atoms with van der Waals surface area (Å²) in [5.74, 6) is 0.734. The van der Waals surface area contributed by atoms with Crippen LogP contribution < -0.4 is 10.9 Å². The van der Waals surface area contributed by atoms with E-state index >= 15 is 0 Å². The summed E-state index contributed by atoms with van der Waals surface area (Å²) in [4.78, 5) is 16.4. The van der Waals surface area contributed by atoms with Crippen LogP contribution in [0, 0.1) is 0 Å². The van der Waals surface area contributed by atoms with Crippen LogP contribution in [0.3, 0.4) is 0 Å². The van der Waals surface area contributed by atoms with Crippen LogP contribution in [-0.4, -0.2) is 9.55 Å². The maximum atomic E-state index is 12.1. The molecule has 18 heavy (non-hydrogen) atoms. The number of para-hydroxylation sites is 1. The predicted octanol–water partition coefficient (Wildman–Crippen LogP) is 2.65. The average Bonchev–Trinajstić information content (AvgIpc) is 2.36. The summed E-state index contributed by atoms with van der Waals surface area (Å²) in [7, 11) is 1.73. The zero-order valence-electron chi connectivity index (χ0n) is 10.8. The van der Waals surface area contributed by atoms with E-state index in [0.717, 1.165) is 11.3 Å². The number of hydrogen-bond acceptors (Lipinski definition) is 3. The Morgan fingerprint density at radius 1 is 1.22 bits per heavy atom. The molecule has 94 valence electrons. The number of anilines is 2. The topological polar surface area (TPSA) is 46.9 Å². The molecule has 0 bridgehead atoms. The second kappa shape index (κ2) is 5.04. The van der Waals surface area contributed by atoms with Gasteiger partial charge in [-0.1, -0.05) is 32.0 Å². The minimum absolute atomic E-state index is 0.00145. The Labute approximate surface area is 106 Å². The van der Waals surface area contributed by atoms with Gasteiger partial charge in [-0.15, -0.1) is 0 Å². The third kappa shape index (κ3) is 2.42. The van der Waals surface area contributed by atoms with Crippen LogP contribution in [0.15, 0.2) is 41.3 Å². The van der Waals surface area contributed by atoms with Crippen molar-refractivity contribution in [2.75, 3.05) is 5.32 Å². The molecule has 1 aromatic carbocycles. The van der Waals surface area contributed by atoms with Crippen LogP contribution in [0.5, 0.6) is 0 Å². The fourth-order valence-corrected chi connectivity index (χ4v) is 1.73. The highest BCUT2D eigenvalue weighted by Crippen LogP contribution is 2.14. The Hall–Kier alpha value is -2.10. The molecule has 0 unspecified atom stereocenters. The molecule has 0 aliphatic carbocycles. The zero-order chi connectivity index (χ0) is 13.1. The molecule has 0 saturated carbocycles. The lowest BCUT2D eigenvalue weighted by Crippen LogP contribution is -2.25.